The summed E-state index contributed by atoms with van der Waals surface area (Å²) < 4.78 is 12.2. The highest BCUT2D eigenvalue weighted by Crippen LogP contribution is 2.39. The Morgan fingerprint density at radius 2 is 2.02 bits per heavy atom. The van der Waals surface area contributed by atoms with E-state index >= 15 is 0 Å². The van der Waals surface area contributed by atoms with Crippen LogP contribution < -0.4 is 20.1 Å². The highest BCUT2D eigenvalue weighted by molar-refractivity contribution is 6.32. The van der Waals surface area contributed by atoms with Gasteiger partial charge in [-0.05, 0) is 74.8 Å². The van der Waals surface area contributed by atoms with Crippen LogP contribution in [0.1, 0.15) is 32.4 Å². The fraction of sp³-hybridized carbons (Fsp3) is 0.312. The third-order valence-corrected chi connectivity index (χ3v) is 7.21. The molecule has 5 rings (SSSR count). The number of rotatable bonds is 11. The van der Waals surface area contributed by atoms with Crippen molar-refractivity contribution in [1.29, 1.82) is 0 Å². The number of nitrogens with zero attached hydrogens (tertiary/aromatic N) is 4. The molecule has 2 aromatic heterocycles. The van der Waals surface area contributed by atoms with E-state index < -0.39 is 0 Å². The molecule has 1 unspecified atom stereocenters. The zero-order chi connectivity index (χ0) is 29.5. The maximum atomic E-state index is 12.9. The van der Waals surface area contributed by atoms with Crippen molar-refractivity contribution in [2.75, 3.05) is 30.8 Å². The monoisotopic (exact) mass is 586 g/mol. The van der Waals surface area contributed by atoms with Crippen LogP contribution in [0, 0.1) is 5.92 Å². The molecule has 1 amide bonds. The van der Waals surface area contributed by atoms with E-state index in [9.17, 15) is 4.79 Å². The number of aromatic nitrogens is 3. The van der Waals surface area contributed by atoms with Crippen molar-refractivity contribution >= 4 is 45.6 Å². The molecule has 218 valence electrons. The van der Waals surface area contributed by atoms with Gasteiger partial charge in [0.15, 0.2) is 5.75 Å². The number of amides is 1. The zero-order valence-corrected chi connectivity index (χ0v) is 24.8. The molecule has 2 aromatic carbocycles. The molecule has 42 heavy (non-hydrogen) atoms. The first-order valence-electron chi connectivity index (χ1n) is 14.1. The molecule has 2 N–H and O–H groups in total. The van der Waals surface area contributed by atoms with Crippen LogP contribution in [0.4, 0.5) is 17.2 Å². The van der Waals surface area contributed by atoms with Crippen LogP contribution in [0.3, 0.4) is 0 Å². The van der Waals surface area contributed by atoms with Crippen molar-refractivity contribution in [2.24, 2.45) is 5.92 Å². The molecule has 1 atom stereocenters. The smallest absolute Gasteiger partial charge is 0.248 e. The first-order chi connectivity index (χ1) is 20.4. The van der Waals surface area contributed by atoms with Crippen LogP contribution in [0.15, 0.2) is 73.2 Å². The minimum absolute atomic E-state index is 0.219. The molecule has 4 aromatic rings. The number of benzene rings is 2. The molecule has 0 aliphatic carbocycles. The van der Waals surface area contributed by atoms with E-state index in [2.05, 4.69) is 51.4 Å². The molecule has 0 bridgehead atoms. The molecule has 0 saturated carbocycles. The van der Waals surface area contributed by atoms with Crippen LogP contribution in [0.5, 0.6) is 11.5 Å². The third kappa shape index (κ3) is 7.35. The summed E-state index contributed by atoms with van der Waals surface area (Å²) in [6, 6.07) is 15.0. The zero-order valence-electron chi connectivity index (χ0n) is 24.0. The molecule has 1 saturated heterocycles. The number of likely N-dealkylation sites (tertiary alicyclic amines) is 1. The van der Waals surface area contributed by atoms with Crippen LogP contribution in [0.2, 0.25) is 5.02 Å². The number of halogens is 1. The topological polar surface area (TPSA) is 102 Å². The lowest BCUT2D eigenvalue weighted by atomic mass is 10.1. The van der Waals surface area contributed by atoms with Gasteiger partial charge in [-0.15, -0.1) is 0 Å². The molecular formula is C32H35ClN6O3. The van der Waals surface area contributed by atoms with Gasteiger partial charge in [0.25, 0.3) is 0 Å². The number of ether oxygens (including phenoxy) is 2. The van der Waals surface area contributed by atoms with E-state index in [4.69, 9.17) is 21.1 Å². The number of carbonyl (C=O) groups excluding carboxylic acids is 1. The highest BCUT2D eigenvalue weighted by atomic mass is 35.5. The fourth-order valence-electron chi connectivity index (χ4n) is 4.73. The van der Waals surface area contributed by atoms with Gasteiger partial charge in [0.05, 0.1) is 33.9 Å². The first kappa shape index (κ1) is 29.3. The molecule has 1 fully saturated rings. The van der Waals surface area contributed by atoms with Gasteiger partial charge in [-0.25, -0.2) is 9.97 Å². The molecule has 3 heterocycles. The van der Waals surface area contributed by atoms with Gasteiger partial charge in [0, 0.05) is 24.0 Å². The van der Waals surface area contributed by atoms with Gasteiger partial charge in [0.1, 0.15) is 24.5 Å². The summed E-state index contributed by atoms with van der Waals surface area (Å²) in [6.45, 7) is 5.93. The molecule has 1 aliphatic rings. The lowest BCUT2D eigenvalue weighted by Crippen LogP contribution is -2.23. The average molecular weight is 587 g/mol. The van der Waals surface area contributed by atoms with Crippen molar-refractivity contribution in [3.63, 3.8) is 0 Å². The SMILES string of the molecule is CC(C)COc1c(NC(=O)/C=C/C2CCCN2C)ccc2ncnc(Nc3ccc(OCc4ccccn4)c(Cl)c3)c12. The third-order valence-electron chi connectivity index (χ3n) is 6.92. The van der Waals surface area contributed by atoms with Crippen LogP contribution in [-0.2, 0) is 11.4 Å². The lowest BCUT2D eigenvalue weighted by Gasteiger charge is -2.18. The number of pyridine rings is 1. The lowest BCUT2D eigenvalue weighted by molar-refractivity contribution is -0.112. The fourth-order valence-corrected chi connectivity index (χ4v) is 4.97. The molecular weight excluding hydrogens is 552 g/mol. The number of hydrogen-bond donors (Lipinski definition) is 2. The summed E-state index contributed by atoms with van der Waals surface area (Å²) in [4.78, 5) is 28.4. The number of likely N-dealkylation sites (N-methyl/N-ethyl adjacent to an activating group) is 1. The predicted molar refractivity (Wildman–Crippen MR) is 167 cm³/mol. The van der Waals surface area contributed by atoms with Crippen molar-refractivity contribution in [3.8, 4) is 11.5 Å². The Kier molecular flexibility index (Phi) is 9.51. The molecule has 9 nitrogen and oxygen atoms in total. The Labute approximate surface area is 250 Å². The van der Waals surface area contributed by atoms with E-state index in [1.165, 1.54) is 6.33 Å². The Hall–Kier alpha value is -4.21. The summed E-state index contributed by atoms with van der Waals surface area (Å²) in [5.74, 6) is 1.62. The largest absolute Gasteiger partial charge is 0.490 e. The second-order valence-electron chi connectivity index (χ2n) is 10.7. The summed E-state index contributed by atoms with van der Waals surface area (Å²) >= 11 is 6.56. The Morgan fingerprint density at radius 1 is 1.14 bits per heavy atom. The predicted octanol–water partition coefficient (Wildman–Crippen LogP) is 6.62. The van der Waals surface area contributed by atoms with Gasteiger partial charge in [-0.2, -0.15) is 0 Å². The van der Waals surface area contributed by atoms with Gasteiger partial charge in [-0.1, -0.05) is 37.6 Å². The number of carbonyl (C=O) groups is 1. The summed E-state index contributed by atoms with van der Waals surface area (Å²) in [5, 5.41) is 7.45. The van der Waals surface area contributed by atoms with Gasteiger partial charge >= 0.3 is 0 Å². The Morgan fingerprint density at radius 3 is 2.76 bits per heavy atom. The van der Waals surface area contributed by atoms with E-state index in [-0.39, 0.29) is 17.9 Å². The van der Waals surface area contributed by atoms with Crippen LogP contribution in [0.25, 0.3) is 10.9 Å². The maximum absolute atomic E-state index is 12.9. The quantitative estimate of drug-likeness (QED) is 0.189. The summed E-state index contributed by atoms with van der Waals surface area (Å²) in [6.07, 6.45) is 8.95. The van der Waals surface area contributed by atoms with Gasteiger partial charge in [-0.3, -0.25) is 14.7 Å². The summed E-state index contributed by atoms with van der Waals surface area (Å²) in [7, 11) is 2.07. The van der Waals surface area contributed by atoms with E-state index in [0.717, 1.165) is 25.1 Å². The van der Waals surface area contributed by atoms with Gasteiger partial charge < -0.3 is 20.1 Å². The first-order valence-corrected chi connectivity index (χ1v) is 14.4. The minimum atomic E-state index is -0.219. The number of hydrogen-bond acceptors (Lipinski definition) is 8. The van der Waals surface area contributed by atoms with Crippen molar-refractivity contribution in [2.45, 2.75) is 39.3 Å². The highest BCUT2D eigenvalue weighted by Gasteiger charge is 2.20. The normalized spacial score (nSPS) is 15.4. The van der Waals surface area contributed by atoms with Crippen molar-refractivity contribution in [1.82, 2.24) is 19.9 Å². The van der Waals surface area contributed by atoms with E-state index in [1.54, 1.807) is 24.4 Å². The standard InChI is InChI=1S/C32H35ClN6O3/c1-21(2)18-42-31-27(38-29(40)14-10-24-8-6-16-39(24)3)12-11-26-30(31)32(36-20-35-26)37-22-9-13-28(25(33)17-22)41-19-23-7-4-5-15-34-23/h4-5,7,9-15,17,20-21,24H,6,8,16,18-19H2,1-3H3,(H,38,40)(H,35,36,37)/b14-10+. The maximum Gasteiger partial charge on any atom is 0.248 e. The minimum Gasteiger partial charge on any atom is -0.490 e. The van der Waals surface area contributed by atoms with Crippen LogP contribution in [-0.4, -0.2) is 52.0 Å². The molecule has 1 aliphatic heterocycles. The number of fused-ring (bicyclic) bond motifs is 1. The molecule has 10 heteroatoms. The van der Waals surface area contributed by atoms with E-state index in [1.807, 2.05) is 42.5 Å². The summed E-state index contributed by atoms with van der Waals surface area (Å²) in [5.41, 5.74) is 2.74. The van der Waals surface area contributed by atoms with E-state index in [0.29, 0.717) is 57.8 Å². The Balaban J connectivity index is 1.40. The van der Waals surface area contributed by atoms with Crippen LogP contribution >= 0.6 is 11.6 Å². The van der Waals surface area contributed by atoms with Crippen molar-refractivity contribution < 1.29 is 14.3 Å². The second kappa shape index (κ2) is 13.6. The molecule has 0 radical (unpaired) electrons. The molecule has 0 spiro atoms. The number of nitrogens with one attached hydrogen (secondary N) is 2. The average Bonchev–Trinajstić information content (AvgIpc) is 3.40. The second-order valence-corrected chi connectivity index (χ2v) is 11.1. The van der Waals surface area contributed by atoms with Gasteiger partial charge in [0.2, 0.25) is 5.91 Å². The van der Waals surface area contributed by atoms with Crippen molar-refractivity contribution in [3.05, 3.63) is 83.9 Å². The Bertz CT molecular complexity index is 1560. The number of anilines is 3.